The molecule has 2 heterocycles. The molecule has 0 spiro atoms. The number of aryl methyl sites for hydroxylation is 2. The van der Waals surface area contributed by atoms with Gasteiger partial charge in [0.2, 0.25) is 0 Å². The molecule has 18 heavy (non-hydrogen) atoms. The SMILES string of the molecule is Cc1nc(Sc2nnccc2/C(N)=N/O)oc1C. The van der Waals surface area contributed by atoms with Crippen LogP contribution in [0.3, 0.4) is 0 Å². The summed E-state index contributed by atoms with van der Waals surface area (Å²) in [6.45, 7) is 3.68. The quantitative estimate of drug-likeness (QED) is 0.372. The molecule has 0 radical (unpaired) electrons. The van der Waals surface area contributed by atoms with Crippen LogP contribution in [0.4, 0.5) is 0 Å². The number of nitrogens with two attached hydrogens (primary N) is 1. The van der Waals surface area contributed by atoms with Crippen LogP contribution in [0.1, 0.15) is 17.0 Å². The fourth-order valence-electron chi connectivity index (χ4n) is 1.21. The minimum absolute atomic E-state index is 0.0348. The lowest BCUT2D eigenvalue weighted by molar-refractivity contribution is 0.318. The van der Waals surface area contributed by atoms with Crippen molar-refractivity contribution in [2.24, 2.45) is 10.9 Å². The molecule has 0 fully saturated rings. The first kappa shape index (κ1) is 12.4. The van der Waals surface area contributed by atoms with Crippen molar-refractivity contribution in [1.82, 2.24) is 15.2 Å². The van der Waals surface area contributed by atoms with Gasteiger partial charge in [0.1, 0.15) is 10.8 Å². The normalized spacial score (nSPS) is 11.8. The average Bonchev–Trinajstić information content (AvgIpc) is 2.68. The monoisotopic (exact) mass is 265 g/mol. The lowest BCUT2D eigenvalue weighted by Gasteiger charge is -2.02. The summed E-state index contributed by atoms with van der Waals surface area (Å²) in [5, 5.41) is 20.2. The molecule has 0 amide bonds. The van der Waals surface area contributed by atoms with Crippen molar-refractivity contribution in [2.45, 2.75) is 24.1 Å². The van der Waals surface area contributed by atoms with Crippen molar-refractivity contribution >= 4 is 17.6 Å². The van der Waals surface area contributed by atoms with Crippen LogP contribution in [0.15, 0.2) is 32.1 Å². The molecule has 0 aliphatic carbocycles. The van der Waals surface area contributed by atoms with E-state index in [-0.39, 0.29) is 5.84 Å². The Labute approximate surface area is 107 Å². The van der Waals surface area contributed by atoms with Crippen molar-refractivity contribution in [3.05, 3.63) is 29.3 Å². The van der Waals surface area contributed by atoms with Crippen molar-refractivity contribution in [3.8, 4) is 0 Å². The number of oxime groups is 1. The zero-order valence-electron chi connectivity index (χ0n) is 9.78. The van der Waals surface area contributed by atoms with Gasteiger partial charge < -0.3 is 15.4 Å². The highest BCUT2D eigenvalue weighted by Crippen LogP contribution is 2.28. The molecular formula is C10H11N5O2S. The van der Waals surface area contributed by atoms with E-state index in [1.807, 2.05) is 13.8 Å². The van der Waals surface area contributed by atoms with E-state index in [0.717, 1.165) is 11.5 Å². The number of hydrogen-bond donors (Lipinski definition) is 2. The van der Waals surface area contributed by atoms with Crippen LogP contribution in [-0.2, 0) is 0 Å². The molecule has 0 bridgehead atoms. The molecule has 0 aliphatic rings. The number of rotatable bonds is 3. The second-order valence-electron chi connectivity index (χ2n) is 3.46. The van der Waals surface area contributed by atoms with E-state index in [2.05, 4.69) is 20.3 Å². The number of oxazole rings is 1. The Morgan fingerprint density at radius 1 is 1.50 bits per heavy atom. The van der Waals surface area contributed by atoms with Crippen molar-refractivity contribution in [3.63, 3.8) is 0 Å². The molecule has 8 heteroatoms. The summed E-state index contributed by atoms with van der Waals surface area (Å²) >= 11 is 1.17. The molecule has 0 aliphatic heterocycles. The second-order valence-corrected chi connectivity index (χ2v) is 4.40. The summed E-state index contributed by atoms with van der Waals surface area (Å²) in [6.07, 6.45) is 1.46. The van der Waals surface area contributed by atoms with Gasteiger partial charge in [-0.05, 0) is 31.7 Å². The van der Waals surface area contributed by atoms with E-state index in [1.165, 1.54) is 18.0 Å². The van der Waals surface area contributed by atoms with Crippen molar-refractivity contribution < 1.29 is 9.62 Å². The first-order valence-corrected chi connectivity index (χ1v) is 5.85. The molecule has 2 aromatic rings. The summed E-state index contributed by atoms with van der Waals surface area (Å²) in [5.74, 6) is 0.708. The maximum Gasteiger partial charge on any atom is 0.262 e. The molecule has 0 saturated carbocycles. The summed E-state index contributed by atoms with van der Waals surface area (Å²) < 4.78 is 5.43. The van der Waals surface area contributed by atoms with Crippen LogP contribution in [0.5, 0.6) is 0 Å². The van der Waals surface area contributed by atoms with Crippen molar-refractivity contribution in [1.29, 1.82) is 0 Å². The fourth-order valence-corrected chi connectivity index (χ4v) is 2.10. The van der Waals surface area contributed by atoms with Crippen LogP contribution in [0.25, 0.3) is 0 Å². The van der Waals surface area contributed by atoms with E-state index in [0.29, 0.717) is 15.8 Å². The Morgan fingerprint density at radius 3 is 2.89 bits per heavy atom. The molecule has 2 rings (SSSR count). The topological polar surface area (TPSA) is 110 Å². The molecular weight excluding hydrogens is 254 g/mol. The van der Waals surface area contributed by atoms with E-state index in [4.69, 9.17) is 15.4 Å². The largest absolute Gasteiger partial charge is 0.436 e. The molecule has 7 nitrogen and oxygen atoms in total. The van der Waals surface area contributed by atoms with Crippen LogP contribution in [-0.4, -0.2) is 26.2 Å². The summed E-state index contributed by atoms with van der Waals surface area (Å²) in [5.41, 5.74) is 6.84. The maximum atomic E-state index is 8.69. The number of hydrogen-bond acceptors (Lipinski definition) is 7. The lowest BCUT2D eigenvalue weighted by Crippen LogP contribution is -2.15. The molecule has 0 saturated heterocycles. The fraction of sp³-hybridized carbons (Fsp3) is 0.200. The van der Waals surface area contributed by atoms with Crippen LogP contribution < -0.4 is 5.73 Å². The zero-order valence-corrected chi connectivity index (χ0v) is 10.6. The Kier molecular flexibility index (Phi) is 3.47. The first-order chi connectivity index (χ1) is 8.61. The molecule has 3 N–H and O–H groups in total. The second kappa shape index (κ2) is 5.05. The Balaban J connectivity index is 2.34. The van der Waals surface area contributed by atoms with Gasteiger partial charge in [-0.1, -0.05) is 5.16 Å². The van der Waals surface area contributed by atoms with Gasteiger partial charge in [0.25, 0.3) is 5.22 Å². The standard InChI is InChI=1S/C10H11N5O2S/c1-5-6(2)17-10(13-5)18-9-7(8(11)15-16)3-4-12-14-9/h3-4,16H,1-2H3,(H2,11,15). The third-order valence-electron chi connectivity index (χ3n) is 2.26. The Morgan fingerprint density at radius 2 is 2.28 bits per heavy atom. The van der Waals surface area contributed by atoms with Gasteiger partial charge in [-0.25, -0.2) is 4.98 Å². The van der Waals surface area contributed by atoms with Crippen molar-refractivity contribution in [2.75, 3.05) is 0 Å². The number of nitrogens with zero attached hydrogens (tertiary/aromatic N) is 4. The highest BCUT2D eigenvalue weighted by molar-refractivity contribution is 7.99. The van der Waals surface area contributed by atoms with E-state index >= 15 is 0 Å². The third kappa shape index (κ3) is 2.43. The van der Waals surface area contributed by atoms with Gasteiger partial charge in [-0.15, -0.1) is 5.10 Å². The summed E-state index contributed by atoms with van der Waals surface area (Å²) in [7, 11) is 0. The molecule has 94 valence electrons. The van der Waals surface area contributed by atoms with Crippen LogP contribution >= 0.6 is 11.8 Å². The highest BCUT2D eigenvalue weighted by Gasteiger charge is 2.14. The van der Waals surface area contributed by atoms with Gasteiger partial charge in [-0.2, -0.15) is 5.10 Å². The van der Waals surface area contributed by atoms with Gasteiger partial charge in [0.05, 0.1) is 17.5 Å². The molecule has 2 aromatic heterocycles. The van der Waals surface area contributed by atoms with Gasteiger partial charge in [0, 0.05) is 0 Å². The maximum absolute atomic E-state index is 8.69. The smallest absolute Gasteiger partial charge is 0.262 e. The Bertz CT molecular complexity index is 576. The molecule has 0 aromatic carbocycles. The van der Waals surface area contributed by atoms with Crippen LogP contribution in [0.2, 0.25) is 0 Å². The third-order valence-corrected chi connectivity index (χ3v) is 3.11. The van der Waals surface area contributed by atoms with E-state index in [1.54, 1.807) is 6.07 Å². The zero-order chi connectivity index (χ0) is 13.1. The summed E-state index contributed by atoms with van der Waals surface area (Å²) in [4.78, 5) is 4.22. The summed E-state index contributed by atoms with van der Waals surface area (Å²) in [6, 6.07) is 1.60. The molecule has 0 atom stereocenters. The Hall–Kier alpha value is -2.09. The van der Waals surface area contributed by atoms with E-state index < -0.39 is 0 Å². The number of aromatic nitrogens is 3. The predicted molar refractivity (Wildman–Crippen MR) is 64.6 cm³/mol. The van der Waals surface area contributed by atoms with Gasteiger partial charge >= 0.3 is 0 Å². The van der Waals surface area contributed by atoms with Gasteiger partial charge in [0.15, 0.2) is 5.84 Å². The predicted octanol–water partition coefficient (Wildman–Crippen LogP) is 1.33. The van der Waals surface area contributed by atoms with Crippen LogP contribution in [0, 0.1) is 13.8 Å². The van der Waals surface area contributed by atoms with Gasteiger partial charge in [-0.3, -0.25) is 0 Å². The highest BCUT2D eigenvalue weighted by atomic mass is 32.2. The lowest BCUT2D eigenvalue weighted by atomic mass is 10.3. The van der Waals surface area contributed by atoms with E-state index in [9.17, 15) is 0 Å². The minimum Gasteiger partial charge on any atom is -0.436 e. The molecule has 0 unspecified atom stereocenters. The first-order valence-electron chi connectivity index (χ1n) is 5.03. The minimum atomic E-state index is -0.0348. The number of amidine groups is 1. The average molecular weight is 265 g/mol.